The zero-order valence-corrected chi connectivity index (χ0v) is 30.9. The van der Waals surface area contributed by atoms with Gasteiger partial charge in [0.25, 0.3) is 0 Å². The van der Waals surface area contributed by atoms with Gasteiger partial charge >= 0.3 is 0 Å². The quantitative estimate of drug-likeness (QED) is 0.162. The Hall–Kier alpha value is -7.69. The molecule has 0 fully saturated rings. The summed E-state index contributed by atoms with van der Waals surface area (Å²) < 4.78 is 6.95. The second kappa shape index (κ2) is 12.4. The molecule has 0 aliphatic carbocycles. The van der Waals surface area contributed by atoms with Crippen molar-refractivity contribution in [2.24, 2.45) is 0 Å². The topological polar surface area (TPSA) is 27.7 Å². The first kappa shape index (κ1) is 31.6. The third-order valence-corrected chi connectivity index (χ3v) is 11.6. The van der Waals surface area contributed by atoms with Gasteiger partial charge in [-0.15, -0.1) is 0 Å². The van der Waals surface area contributed by atoms with Crippen LogP contribution in [0.3, 0.4) is 0 Å². The first-order valence-corrected chi connectivity index (χ1v) is 19.5. The average Bonchev–Trinajstić information content (AvgIpc) is 3.97. The summed E-state index contributed by atoms with van der Waals surface area (Å²) in [6.07, 6.45) is 0. The van der Waals surface area contributed by atoms with Crippen molar-refractivity contribution in [2.75, 3.05) is 0 Å². The van der Waals surface area contributed by atoms with E-state index < -0.39 is 0 Å². The monoisotopic (exact) mass is 726 g/mol. The fourth-order valence-corrected chi connectivity index (χ4v) is 9.13. The summed E-state index contributed by atoms with van der Waals surface area (Å²) >= 11 is 0. The fraction of sp³-hybridized carbons (Fsp3) is 0. The van der Waals surface area contributed by atoms with Crippen LogP contribution in [-0.4, -0.2) is 18.9 Å². The fourth-order valence-electron chi connectivity index (χ4n) is 9.13. The summed E-state index contributed by atoms with van der Waals surface area (Å²) in [5, 5.41) is 15.2. The number of para-hydroxylation sites is 4. The summed E-state index contributed by atoms with van der Waals surface area (Å²) in [6, 6.07) is 74.4. The van der Waals surface area contributed by atoms with Gasteiger partial charge in [0.05, 0.1) is 39.1 Å². The Balaban J connectivity index is 1.11. The van der Waals surface area contributed by atoms with Crippen LogP contribution >= 0.6 is 0 Å². The van der Waals surface area contributed by atoms with Crippen LogP contribution in [0.15, 0.2) is 206 Å². The van der Waals surface area contributed by atoms with Crippen molar-refractivity contribution in [3.63, 3.8) is 0 Å². The normalized spacial score (nSPS) is 11.9. The number of hydrogen-bond donors (Lipinski definition) is 0. The Morgan fingerprint density at radius 3 is 1.21 bits per heavy atom. The highest BCUT2D eigenvalue weighted by Gasteiger charge is 2.20. The van der Waals surface area contributed by atoms with Crippen LogP contribution in [0.5, 0.6) is 0 Å². The molecule has 0 atom stereocenters. The lowest BCUT2D eigenvalue weighted by atomic mass is 10.0. The number of benzene rings is 9. The maximum Gasteiger partial charge on any atom is 0.0934 e. The molecule has 3 aromatic heterocycles. The lowest BCUT2D eigenvalue weighted by Crippen LogP contribution is -2.02. The van der Waals surface area contributed by atoms with E-state index in [4.69, 9.17) is 5.10 Å². The Morgan fingerprint density at radius 1 is 0.316 bits per heavy atom. The first-order valence-electron chi connectivity index (χ1n) is 19.5. The Labute approximate surface area is 328 Å². The number of rotatable bonds is 5. The van der Waals surface area contributed by atoms with E-state index in [9.17, 15) is 0 Å². The van der Waals surface area contributed by atoms with E-state index in [0.717, 1.165) is 50.3 Å². The second-order valence-electron chi connectivity index (χ2n) is 14.8. The van der Waals surface area contributed by atoms with Crippen molar-refractivity contribution >= 4 is 65.2 Å². The Morgan fingerprint density at radius 2 is 0.719 bits per heavy atom. The highest BCUT2D eigenvalue weighted by molar-refractivity contribution is 6.11. The highest BCUT2D eigenvalue weighted by Crippen LogP contribution is 2.39. The highest BCUT2D eigenvalue weighted by atomic mass is 15.3. The van der Waals surface area contributed by atoms with Crippen LogP contribution in [0, 0.1) is 0 Å². The molecule has 57 heavy (non-hydrogen) atoms. The molecule has 0 saturated carbocycles. The van der Waals surface area contributed by atoms with E-state index in [0.29, 0.717) is 0 Å². The molecule has 12 rings (SSSR count). The van der Waals surface area contributed by atoms with Crippen LogP contribution in [-0.2, 0) is 0 Å². The van der Waals surface area contributed by atoms with E-state index in [-0.39, 0.29) is 0 Å². The maximum absolute atomic E-state index is 5.57. The zero-order valence-electron chi connectivity index (χ0n) is 30.9. The summed E-state index contributed by atoms with van der Waals surface area (Å²) in [6.45, 7) is 0. The Kier molecular flexibility index (Phi) is 6.89. The van der Waals surface area contributed by atoms with Crippen LogP contribution < -0.4 is 0 Å². The molecule has 266 valence electrons. The summed E-state index contributed by atoms with van der Waals surface area (Å²) in [5.41, 5.74) is 12.1. The molecule has 0 aliphatic heterocycles. The minimum Gasteiger partial charge on any atom is -0.309 e. The van der Waals surface area contributed by atoms with Crippen LogP contribution in [0.4, 0.5) is 0 Å². The molecule has 0 aliphatic rings. The van der Waals surface area contributed by atoms with Gasteiger partial charge in [0.2, 0.25) is 0 Å². The summed E-state index contributed by atoms with van der Waals surface area (Å²) in [5.74, 6) is 0. The van der Waals surface area contributed by atoms with Crippen molar-refractivity contribution in [3.05, 3.63) is 206 Å². The number of hydrogen-bond acceptors (Lipinski definition) is 1. The molecule has 0 saturated heterocycles. The third kappa shape index (κ3) is 4.84. The van der Waals surface area contributed by atoms with Crippen molar-refractivity contribution in [1.29, 1.82) is 0 Å². The number of aromatic nitrogens is 4. The van der Waals surface area contributed by atoms with E-state index in [1.807, 2.05) is 0 Å². The van der Waals surface area contributed by atoms with Gasteiger partial charge < -0.3 is 9.13 Å². The molecule has 0 bridgehead atoms. The van der Waals surface area contributed by atoms with Crippen LogP contribution in [0.2, 0.25) is 0 Å². The van der Waals surface area contributed by atoms with Gasteiger partial charge in [0.1, 0.15) is 0 Å². The van der Waals surface area contributed by atoms with Gasteiger partial charge in [-0.2, -0.15) is 5.10 Å². The number of nitrogens with zero attached hydrogens (tertiary/aromatic N) is 4. The SMILES string of the molecule is c1cc(-c2cc(-c3cccc(-n4c5ccccc5c5ccccc54)c3)n(-c3c4ccccc4cc4ccccc34)n2)cc(-n2c3ccccc3c3ccccc32)c1. The molecule has 0 unspecified atom stereocenters. The molecule has 4 nitrogen and oxygen atoms in total. The smallest absolute Gasteiger partial charge is 0.0934 e. The lowest BCUT2D eigenvalue weighted by molar-refractivity contribution is 0.905. The van der Waals surface area contributed by atoms with Gasteiger partial charge in [-0.25, -0.2) is 4.68 Å². The van der Waals surface area contributed by atoms with Gasteiger partial charge in [0, 0.05) is 54.8 Å². The molecule has 0 amide bonds. The molecular weight excluding hydrogens is 693 g/mol. The molecule has 3 heterocycles. The molecule has 12 aromatic rings. The molecule has 4 heteroatoms. The molecule has 0 radical (unpaired) electrons. The second-order valence-corrected chi connectivity index (χ2v) is 14.8. The minimum absolute atomic E-state index is 0.909. The first-order chi connectivity index (χ1) is 28.3. The van der Waals surface area contributed by atoms with Crippen LogP contribution in [0.25, 0.3) is 105 Å². The zero-order chi connectivity index (χ0) is 37.5. The predicted molar refractivity (Wildman–Crippen MR) is 238 cm³/mol. The van der Waals surface area contributed by atoms with Gasteiger partial charge in [-0.05, 0) is 71.4 Å². The van der Waals surface area contributed by atoms with E-state index in [1.165, 1.54) is 54.4 Å². The van der Waals surface area contributed by atoms with Crippen molar-refractivity contribution in [1.82, 2.24) is 18.9 Å². The van der Waals surface area contributed by atoms with Gasteiger partial charge in [0.15, 0.2) is 0 Å². The summed E-state index contributed by atoms with van der Waals surface area (Å²) in [4.78, 5) is 0. The standard InChI is InChI=1S/C53H34N4/c1-3-21-41-35(15-1)31-36-16-2-4-22-42(36)53(41)57-52(38-18-14-20-40(33-38)56-50-29-11-7-25-45(50)46-26-8-12-30-51(46)56)34-47(54-57)37-17-13-19-39(32-37)55-48-27-9-5-23-43(48)44-24-6-10-28-49(44)55/h1-34H. The minimum atomic E-state index is 0.909. The maximum atomic E-state index is 5.57. The lowest BCUT2D eigenvalue weighted by Gasteiger charge is -2.15. The molecule has 0 N–H and O–H groups in total. The van der Waals surface area contributed by atoms with Crippen LogP contribution in [0.1, 0.15) is 0 Å². The molecule has 0 spiro atoms. The van der Waals surface area contributed by atoms with E-state index >= 15 is 0 Å². The van der Waals surface area contributed by atoms with E-state index in [1.54, 1.807) is 0 Å². The van der Waals surface area contributed by atoms with E-state index in [2.05, 4.69) is 220 Å². The third-order valence-electron chi connectivity index (χ3n) is 11.6. The number of fused-ring (bicyclic) bond motifs is 8. The van der Waals surface area contributed by atoms with Gasteiger partial charge in [-0.3, -0.25) is 0 Å². The largest absolute Gasteiger partial charge is 0.309 e. The molecule has 9 aromatic carbocycles. The molecular formula is C53H34N4. The average molecular weight is 727 g/mol. The summed E-state index contributed by atoms with van der Waals surface area (Å²) in [7, 11) is 0. The van der Waals surface area contributed by atoms with Crippen molar-refractivity contribution in [2.45, 2.75) is 0 Å². The Bertz CT molecular complexity index is 3380. The van der Waals surface area contributed by atoms with Crippen molar-refractivity contribution < 1.29 is 0 Å². The van der Waals surface area contributed by atoms with Crippen molar-refractivity contribution in [3.8, 4) is 39.6 Å². The predicted octanol–water partition coefficient (Wildman–Crippen LogP) is 13.7. The van der Waals surface area contributed by atoms with Gasteiger partial charge in [-0.1, -0.05) is 146 Å².